The quantitative estimate of drug-likeness (QED) is 0.911. The van der Waals surface area contributed by atoms with Gasteiger partial charge in [0.2, 0.25) is 0 Å². The topological polar surface area (TPSA) is 46.5 Å². The lowest BCUT2D eigenvalue weighted by Crippen LogP contribution is -1.97. The van der Waals surface area contributed by atoms with Crippen molar-refractivity contribution in [1.29, 1.82) is 0 Å². The van der Waals surface area contributed by atoms with E-state index in [0.717, 1.165) is 28.0 Å². The van der Waals surface area contributed by atoms with Crippen LogP contribution in [-0.2, 0) is 0 Å². The van der Waals surface area contributed by atoms with Crippen molar-refractivity contribution in [2.45, 2.75) is 13.8 Å². The molecule has 19 heavy (non-hydrogen) atoms. The number of hydrogen-bond acceptors (Lipinski definition) is 2. The summed E-state index contributed by atoms with van der Waals surface area (Å²) >= 11 is 0. The molecular formula is C16H16O3. The number of carbonyl (C=O) groups is 1. The summed E-state index contributed by atoms with van der Waals surface area (Å²) in [4.78, 5) is 11.0. The number of carboxylic acid groups (broad SMARTS) is 1. The van der Waals surface area contributed by atoms with E-state index >= 15 is 0 Å². The molecule has 0 saturated carbocycles. The standard InChI is InChI=1S/C16H16O3/c1-10-7-8-14(15(19-3)11(10)2)12-5-4-6-13(9-12)16(17)18/h4-9H,1-3H3,(H,17,18). The van der Waals surface area contributed by atoms with E-state index in [0.29, 0.717) is 0 Å². The molecule has 0 radical (unpaired) electrons. The van der Waals surface area contributed by atoms with E-state index in [1.54, 1.807) is 25.3 Å². The van der Waals surface area contributed by atoms with Crippen LogP contribution in [-0.4, -0.2) is 18.2 Å². The number of methoxy groups -OCH3 is 1. The van der Waals surface area contributed by atoms with E-state index in [4.69, 9.17) is 9.84 Å². The van der Waals surface area contributed by atoms with Gasteiger partial charge in [0, 0.05) is 5.56 Å². The molecule has 0 aliphatic rings. The van der Waals surface area contributed by atoms with Crippen molar-refractivity contribution in [1.82, 2.24) is 0 Å². The number of carboxylic acids is 1. The lowest BCUT2D eigenvalue weighted by molar-refractivity contribution is 0.0697. The third-order valence-corrected chi connectivity index (χ3v) is 3.30. The van der Waals surface area contributed by atoms with Gasteiger partial charge in [-0.2, -0.15) is 0 Å². The fraction of sp³-hybridized carbons (Fsp3) is 0.188. The average molecular weight is 256 g/mol. The molecule has 2 rings (SSSR count). The van der Waals surface area contributed by atoms with E-state index in [1.807, 2.05) is 32.0 Å². The van der Waals surface area contributed by atoms with Gasteiger partial charge in [0.1, 0.15) is 5.75 Å². The van der Waals surface area contributed by atoms with Gasteiger partial charge in [-0.05, 0) is 42.7 Å². The van der Waals surface area contributed by atoms with Gasteiger partial charge >= 0.3 is 5.97 Å². The Hall–Kier alpha value is -2.29. The van der Waals surface area contributed by atoms with Crippen molar-refractivity contribution in [3.05, 3.63) is 53.1 Å². The highest BCUT2D eigenvalue weighted by Gasteiger charge is 2.12. The maximum Gasteiger partial charge on any atom is 0.335 e. The van der Waals surface area contributed by atoms with Crippen LogP contribution in [0.5, 0.6) is 5.75 Å². The second-order valence-electron chi connectivity index (χ2n) is 4.47. The highest BCUT2D eigenvalue weighted by molar-refractivity contribution is 5.90. The van der Waals surface area contributed by atoms with E-state index in [-0.39, 0.29) is 5.56 Å². The number of ether oxygens (including phenoxy) is 1. The molecule has 0 bridgehead atoms. The Kier molecular flexibility index (Phi) is 3.56. The molecule has 0 atom stereocenters. The van der Waals surface area contributed by atoms with Gasteiger partial charge < -0.3 is 9.84 Å². The second kappa shape index (κ2) is 5.14. The predicted octanol–water partition coefficient (Wildman–Crippen LogP) is 3.68. The minimum absolute atomic E-state index is 0.276. The normalized spacial score (nSPS) is 10.3. The van der Waals surface area contributed by atoms with E-state index in [2.05, 4.69) is 0 Å². The van der Waals surface area contributed by atoms with Crippen LogP contribution in [0, 0.1) is 13.8 Å². The van der Waals surface area contributed by atoms with Crippen molar-refractivity contribution >= 4 is 5.97 Å². The minimum atomic E-state index is -0.926. The molecule has 0 aliphatic carbocycles. The molecule has 3 heteroatoms. The third kappa shape index (κ3) is 2.45. The molecule has 0 aromatic heterocycles. The first-order valence-corrected chi connectivity index (χ1v) is 6.02. The van der Waals surface area contributed by atoms with Crippen LogP contribution in [0.1, 0.15) is 21.5 Å². The number of rotatable bonds is 3. The van der Waals surface area contributed by atoms with Gasteiger partial charge in [0.25, 0.3) is 0 Å². The Bertz CT molecular complexity index is 630. The SMILES string of the molecule is COc1c(-c2cccc(C(=O)O)c2)ccc(C)c1C. The fourth-order valence-corrected chi connectivity index (χ4v) is 2.10. The Morgan fingerprint density at radius 3 is 2.53 bits per heavy atom. The maximum atomic E-state index is 11.0. The molecule has 3 nitrogen and oxygen atoms in total. The van der Waals surface area contributed by atoms with Gasteiger partial charge in [0.15, 0.2) is 0 Å². The van der Waals surface area contributed by atoms with Crippen molar-refractivity contribution in [3.63, 3.8) is 0 Å². The van der Waals surface area contributed by atoms with Crippen molar-refractivity contribution in [2.24, 2.45) is 0 Å². The second-order valence-corrected chi connectivity index (χ2v) is 4.47. The van der Waals surface area contributed by atoms with E-state index in [1.165, 1.54) is 0 Å². The Labute approximate surface area is 112 Å². The zero-order valence-corrected chi connectivity index (χ0v) is 11.2. The lowest BCUT2D eigenvalue weighted by atomic mass is 9.97. The summed E-state index contributed by atoms with van der Waals surface area (Å²) in [5.74, 6) is -0.132. The predicted molar refractivity (Wildman–Crippen MR) is 74.9 cm³/mol. The Morgan fingerprint density at radius 1 is 1.16 bits per heavy atom. The number of aryl methyl sites for hydroxylation is 1. The number of aromatic carboxylic acids is 1. The van der Waals surface area contributed by atoms with Crippen LogP contribution >= 0.6 is 0 Å². The van der Waals surface area contributed by atoms with E-state index in [9.17, 15) is 4.79 Å². The van der Waals surface area contributed by atoms with Crippen molar-refractivity contribution in [3.8, 4) is 16.9 Å². The molecule has 2 aromatic rings. The molecular weight excluding hydrogens is 240 g/mol. The van der Waals surface area contributed by atoms with Crippen LogP contribution < -0.4 is 4.74 Å². The van der Waals surface area contributed by atoms with Gasteiger partial charge in [-0.3, -0.25) is 0 Å². The van der Waals surface area contributed by atoms with Gasteiger partial charge in [-0.25, -0.2) is 4.79 Å². The van der Waals surface area contributed by atoms with Crippen LogP contribution in [0.2, 0.25) is 0 Å². The Morgan fingerprint density at radius 2 is 1.89 bits per heavy atom. The Balaban J connectivity index is 2.62. The smallest absolute Gasteiger partial charge is 0.335 e. The summed E-state index contributed by atoms with van der Waals surface area (Å²) in [6.45, 7) is 4.02. The number of hydrogen-bond donors (Lipinski definition) is 1. The molecule has 2 aromatic carbocycles. The molecule has 0 amide bonds. The summed E-state index contributed by atoms with van der Waals surface area (Å²) in [7, 11) is 1.63. The maximum absolute atomic E-state index is 11.0. The first-order valence-electron chi connectivity index (χ1n) is 6.02. The van der Waals surface area contributed by atoms with Crippen LogP contribution in [0.4, 0.5) is 0 Å². The molecule has 0 unspecified atom stereocenters. The molecule has 0 aliphatic heterocycles. The molecule has 1 N–H and O–H groups in total. The first-order chi connectivity index (χ1) is 9.04. The third-order valence-electron chi connectivity index (χ3n) is 3.30. The highest BCUT2D eigenvalue weighted by atomic mass is 16.5. The van der Waals surface area contributed by atoms with Crippen LogP contribution in [0.3, 0.4) is 0 Å². The molecule has 0 heterocycles. The summed E-state index contributed by atoms with van der Waals surface area (Å²) in [5.41, 5.74) is 4.25. The molecule has 0 saturated heterocycles. The summed E-state index contributed by atoms with van der Waals surface area (Å²) in [6.07, 6.45) is 0. The van der Waals surface area contributed by atoms with Crippen molar-refractivity contribution in [2.75, 3.05) is 7.11 Å². The van der Waals surface area contributed by atoms with Gasteiger partial charge in [0.05, 0.1) is 12.7 Å². The van der Waals surface area contributed by atoms with E-state index < -0.39 is 5.97 Å². The summed E-state index contributed by atoms with van der Waals surface area (Å²) < 4.78 is 5.46. The zero-order valence-electron chi connectivity index (χ0n) is 11.2. The monoisotopic (exact) mass is 256 g/mol. The molecule has 0 fully saturated rings. The largest absolute Gasteiger partial charge is 0.496 e. The lowest BCUT2D eigenvalue weighted by Gasteiger charge is -2.14. The minimum Gasteiger partial charge on any atom is -0.496 e. The van der Waals surface area contributed by atoms with Gasteiger partial charge in [-0.15, -0.1) is 0 Å². The highest BCUT2D eigenvalue weighted by Crippen LogP contribution is 2.34. The zero-order chi connectivity index (χ0) is 14.0. The number of benzene rings is 2. The average Bonchev–Trinajstić information content (AvgIpc) is 2.41. The first kappa shape index (κ1) is 13.1. The summed E-state index contributed by atoms with van der Waals surface area (Å²) in [5, 5.41) is 9.05. The van der Waals surface area contributed by atoms with Gasteiger partial charge in [-0.1, -0.05) is 24.3 Å². The molecule has 98 valence electrons. The fourth-order valence-electron chi connectivity index (χ4n) is 2.10. The van der Waals surface area contributed by atoms with Crippen LogP contribution in [0.25, 0.3) is 11.1 Å². The molecule has 0 spiro atoms. The van der Waals surface area contributed by atoms with Crippen molar-refractivity contribution < 1.29 is 14.6 Å². The van der Waals surface area contributed by atoms with Crippen LogP contribution in [0.15, 0.2) is 36.4 Å². The summed E-state index contributed by atoms with van der Waals surface area (Å²) in [6, 6.07) is 10.9.